The van der Waals surface area contributed by atoms with Crippen molar-refractivity contribution in [3.63, 3.8) is 0 Å². The van der Waals surface area contributed by atoms with E-state index in [9.17, 15) is 14.7 Å². The SMILES string of the molecule is Cc1c(CC(=O)OC2CCCC2)c2cc(O)ccc2n1C(=O)c1cccc(Cl)c1. The van der Waals surface area contributed by atoms with Crippen molar-refractivity contribution in [2.24, 2.45) is 0 Å². The number of halogens is 1. The third-order valence-corrected chi connectivity index (χ3v) is 5.75. The zero-order valence-corrected chi connectivity index (χ0v) is 16.9. The third-order valence-electron chi connectivity index (χ3n) is 5.51. The van der Waals surface area contributed by atoms with Crippen molar-refractivity contribution >= 4 is 34.4 Å². The molecular formula is C23H22ClNO4. The van der Waals surface area contributed by atoms with Gasteiger partial charge in [0.2, 0.25) is 0 Å². The molecule has 0 saturated heterocycles. The largest absolute Gasteiger partial charge is 0.508 e. The van der Waals surface area contributed by atoms with E-state index in [4.69, 9.17) is 16.3 Å². The van der Waals surface area contributed by atoms with Gasteiger partial charge in [0, 0.05) is 21.7 Å². The van der Waals surface area contributed by atoms with E-state index in [-0.39, 0.29) is 30.2 Å². The molecule has 0 radical (unpaired) electrons. The Labute approximate surface area is 173 Å². The second kappa shape index (κ2) is 7.91. The Balaban J connectivity index is 1.74. The van der Waals surface area contributed by atoms with Crippen LogP contribution in [0.2, 0.25) is 5.02 Å². The number of carbonyl (C=O) groups is 2. The monoisotopic (exact) mass is 411 g/mol. The van der Waals surface area contributed by atoms with Crippen LogP contribution in [0.5, 0.6) is 5.75 Å². The molecular weight excluding hydrogens is 390 g/mol. The van der Waals surface area contributed by atoms with Crippen LogP contribution in [0.1, 0.15) is 47.3 Å². The summed E-state index contributed by atoms with van der Waals surface area (Å²) in [4.78, 5) is 25.8. The van der Waals surface area contributed by atoms with Gasteiger partial charge in [-0.1, -0.05) is 17.7 Å². The van der Waals surface area contributed by atoms with Crippen LogP contribution < -0.4 is 0 Å². The number of phenolic OH excluding ortho intramolecular Hbond substituents is 1. The summed E-state index contributed by atoms with van der Waals surface area (Å²) in [5.41, 5.74) is 2.42. The molecule has 0 spiro atoms. The molecule has 5 nitrogen and oxygen atoms in total. The molecule has 1 aromatic heterocycles. The number of fused-ring (bicyclic) bond motifs is 1. The second-order valence-electron chi connectivity index (χ2n) is 7.49. The Morgan fingerprint density at radius 1 is 1.17 bits per heavy atom. The van der Waals surface area contributed by atoms with Gasteiger partial charge in [0.15, 0.2) is 0 Å². The van der Waals surface area contributed by atoms with E-state index in [1.165, 1.54) is 6.07 Å². The molecule has 150 valence electrons. The molecule has 0 unspecified atom stereocenters. The molecule has 1 N–H and O–H groups in total. The minimum absolute atomic E-state index is 0.0161. The van der Waals surface area contributed by atoms with Crippen LogP contribution >= 0.6 is 11.6 Å². The molecule has 1 heterocycles. The predicted octanol–water partition coefficient (Wildman–Crippen LogP) is 5.03. The first kappa shape index (κ1) is 19.5. The number of rotatable bonds is 4. The van der Waals surface area contributed by atoms with Crippen LogP contribution in [0.4, 0.5) is 0 Å². The van der Waals surface area contributed by atoms with Crippen molar-refractivity contribution in [2.75, 3.05) is 0 Å². The van der Waals surface area contributed by atoms with Crippen LogP contribution in [0.3, 0.4) is 0 Å². The van der Waals surface area contributed by atoms with Crippen molar-refractivity contribution in [1.29, 1.82) is 0 Å². The maximum absolute atomic E-state index is 13.2. The lowest BCUT2D eigenvalue weighted by atomic mass is 10.1. The van der Waals surface area contributed by atoms with E-state index in [1.807, 2.05) is 0 Å². The van der Waals surface area contributed by atoms with E-state index in [1.54, 1.807) is 47.9 Å². The van der Waals surface area contributed by atoms with Gasteiger partial charge < -0.3 is 9.84 Å². The zero-order chi connectivity index (χ0) is 20.5. The molecule has 0 atom stereocenters. The van der Waals surface area contributed by atoms with E-state index < -0.39 is 0 Å². The summed E-state index contributed by atoms with van der Waals surface area (Å²) in [5, 5.41) is 11.1. The highest BCUT2D eigenvalue weighted by molar-refractivity contribution is 6.31. The molecule has 2 aromatic carbocycles. The van der Waals surface area contributed by atoms with Gasteiger partial charge in [-0.25, -0.2) is 0 Å². The van der Waals surface area contributed by atoms with E-state index in [0.29, 0.717) is 32.7 Å². The van der Waals surface area contributed by atoms with Crippen LogP contribution in [0, 0.1) is 6.92 Å². The Kier molecular flexibility index (Phi) is 5.33. The Morgan fingerprint density at radius 2 is 1.93 bits per heavy atom. The van der Waals surface area contributed by atoms with Crippen molar-refractivity contribution in [3.8, 4) is 5.75 Å². The van der Waals surface area contributed by atoms with Gasteiger partial charge in [-0.05, 0) is 74.6 Å². The van der Waals surface area contributed by atoms with Crippen LogP contribution in [0.25, 0.3) is 10.9 Å². The Bertz CT molecular complexity index is 1100. The number of hydrogen-bond acceptors (Lipinski definition) is 4. The summed E-state index contributed by atoms with van der Waals surface area (Å²) in [5.74, 6) is -0.469. The first-order chi connectivity index (χ1) is 13.9. The number of hydrogen-bond donors (Lipinski definition) is 1. The quantitative estimate of drug-likeness (QED) is 0.611. The number of nitrogens with zero attached hydrogens (tertiary/aromatic N) is 1. The maximum Gasteiger partial charge on any atom is 0.310 e. The lowest BCUT2D eigenvalue weighted by Crippen LogP contribution is -2.17. The van der Waals surface area contributed by atoms with Gasteiger partial charge in [-0.2, -0.15) is 0 Å². The highest BCUT2D eigenvalue weighted by Gasteiger charge is 2.24. The summed E-state index contributed by atoms with van der Waals surface area (Å²) < 4.78 is 7.17. The van der Waals surface area contributed by atoms with Crippen LogP contribution in [-0.4, -0.2) is 27.7 Å². The summed E-state index contributed by atoms with van der Waals surface area (Å²) in [7, 11) is 0. The highest BCUT2D eigenvalue weighted by Crippen LogP contribution is 2.31. The molecule has 1 aliphatic rings. The minimum atomic E-state index is -0.308. The van der Waals surface area contributed by atoms with Gasteiger partial charge >= 0.3 is 5.97 Å². The van der Waals surface area contributed by atoms with Gasteiger partial charge in [0.1, 0.15) is 11.9 Å². The van der Waals surface area contributed by atoms with E-state index in [0.717, 1.165) is 25.7 Å². The molecule has 4 rings (SSSR count). The zero-order valence-electron chi connectivity index (χ0n) is 16.2. The molecule has 0 aliphatic heterocycles. The number of aromatic nitrogens is 1. The standard InChI is InChI=1S/C23H22ClNO4/c1-14-19(13-22(27)29-18-7-2-3-8-18)20-12-17(26)9-10-21(20)25(14)23(28)15-5-4-6-16(24)11-15/h4-6,9-12,18,26H,2-3,7-8,13H2,1H3. The lowest BCUT2D eigenvalue weighted by molar-refractivity contribution is -0.147. The van der Waals surface area contributed by atoms with Crippen LogP contribution in [0.15, 0.2) is 42.5 Å². The van der Waals surface area contributed by atoms with Crippen molar-refractivity contribution < 1.29 is 19.4 Å². The summed E-state index contributed by atoms with van der Waals surface area (Å²) in [6, 6.07) is 11.6. The van der Waals surface area contributed by atoms with E-state index in [2.05, 4.69) is 0 Å². The second-order valence-corrected chi connectivity index (χ2v) is 7.93. The fourth-order valence-electron chi connectivity index (χ4n) is 4.08. The van der Waals surface area contributed by atoms with E-state index >= 15 is 0 Å². The van der Waals surface area contributed by atoms with Crippen LogP contribution in [-0.2, 0) is 16.0 Å². The van der Waals surface area contributed by atoms with Crippen molar-refractivity contribution in [3.05, 3.63) is 64.3 Å². The third kappa shape index (κ3) is 3.87. The highest BCUT2D eigenvalue weighted by atomic mass is 35.5. The summed E-state index contributed by atoms with van der Waals surface area (Å²) in [6.07, 6.45) is 4.01. The molecule has 3 aromatic rings. The first-order valence-corrected chi connectivity index (χ1v) is 10.1. The molecule has 6 heteroatoms. The molecule has 0 amide bonds. The van der Waals surface area contributed by atoms with Crippen molar-refractivity contribution in [1.82, 2.24) is 4.57 Å². The average molecular weight is 412 g/mol. The number of ether oxygens (including phenoxy) is 1. The lowest BCUT2D eigenvalue weighted by Gasteiger charge is -2.11. The summed E-state index contributed by atoms with van der Waals surface area (Å²) >= 11 is 6.05. The Hall–Kier alpha value is -2.79. The number of carbonyl (C=O) groups excluding carboxylic acids is 2. The molecule has 0 bridgehead atoms. The molecule has 1 fully saturated rings. The number of phenols is 1. The predicted molar refractivity (Wildman–Crippen MR) is 112 cm³/mol. The van der Waals surface area contributed by atoms with Gasteiger partial charge in [-0.3, -0.25) is 14.2 Å². The number of benzene rings is 2. The topological polar surface area (TPSA) is 68.5 Å². The Morgan fingerprint density at radius 3 is 2.66 bits per heavy atom. The maximum atomic E-state index is 13.2. The fourth-order valence-corrected chi connectivity index (χ4v) is 4.28. The first-order valence-electron chi connectivity index (χ1n) is 9.76. The normalized spacial score (nSPS) is 14.4. The number of esters is 1. The summed E-state index contributed by atoms with van der Waals surface area (Å²) in [6.45, 7) is 1.80. The van der Waals surface area contributed by atoms with Crippen molar-refractivity contribution in [2.45, 2.75) is 45.1 Å². The molecule has 1 saturated carbocycles. The minimum Gasteiger partial charge on any atom is -0.508 e. The van der Waals surface area contributed by atoms with Gasteiger partial charge in [-0.15, -0.1) is 0 Å². The van der Waals surface area contributed by atoms with Gasteiger partial charge in [0.25, 0.3) is 5.91 Å². The molecule has 1 aliphatic carbocycles. The smallest absolute Gasteiger partial charge is 0.310 e. The fraction of sp³-hybridized carbons (Fsp3) is 0.304. The molecule has 29 heavy (non-hydrogen) atoms. The average Bonchev–Trinajstić information content (AvgIpc) is 3.28. The van der Waals surface area contributed by atoms with Gasteiger partial charge in [0.05, 0.1) is 11.9 Å². The number of aromatic hydroxyl groups is 1.